The third kappa shape index (κ3) is 1.45. The van der Waals surface area contributed by atoms with Crippen LogP contribution in [0.1, 0.15) is 0 Å². The van der Waals surface area contributed by atoms with E-state index in [4.69, 9.17) is 5.73 Å². The molecule has 0 amide bonds. The molecule has 0 saturated heterocycles. The van der Waals surface area contributed by atoms with Crippen LogP contribution in [0.25, 0.3) is 0 Å². The summed E-state index contributed by atoms with van der Waals surface area (Å²) in [4.78, 5) is 0. The van der Waals surface area contributed by atoms with E-state index in [1.165, 1.54) is 28.3 Å². The number of anilines is 1. The van der Waals surface area contributed by atoms with E-state index in [0.29, 0.717) is 0 Å². The molecule has 0 unspecified atom stereocenters. The molecule has 0 aliphatic rings. The summed E-state index contributed by atoms with van der Waals surface area (Å²) in [5.41, 5.74) is 6.29. The number of hydrogen-bond donors (Lipinski definition) is 1. The van der Waals surface area contributed by atoms with Crippen LogP contribution in [0.4, 0.5) is 5.69 Å². The zero-order valence-electron chi connectivity index (χ0n) is 4.33. The summed E-state index contributed by atoms with van der Waals surface area (Å²) >= 11 is 1.30. The van der Waals surface area contributed by atoms with E-state index in [0.717, 1.165) is 5.69 Å². The Morgan fingerprint density at radius 1 is 1.12 bits per heavy atom. The van der Waals surface area contributed by atoms with Gasteiger partial charge < -0.3 is 0 Å². The number of rotatable bonds is 0. The molecule has 1 aromatic carbocycles. The van der Waals surface area contributed by atoms with Crippen molar-refractivity contribution in [1.82, 2.24) is 0 Å². The van der Waals surface area contributed by atoms with Crippen LogP contribution in [-0.2, 0) is 0 Å². The van der Waals surface area contributed by atoms with E-state index in [-0.39, 0.29) is 0 Å². The Labute approximate surface area is 64.0 Å². The third-order valence-corrected chi connectivity index (χ3v) is 2.05. The SMILES string of the molecule is Nc1cc[c]([PoH])cc1. The molecule has 0 aromatic heterocycles. The topological polar surface area (TPSA) is 26.0 Å². The van der Waals surface area contributed by atoms with Gasteiger partial charge in [0.25, 0.3) is 0 Å². The van der Waals surface area contributed by atoms with Gasteiger partial charge in [-0.25, -0.2) is 0 Å². The molecule has 42 valence electrons. The van der Waals surface area contributed by atoms with Crippen molar-refractivity contribution >= 4 is 34.0 Å². The molecule has 0 heterocycles. The van der Waals surface area contributed by atoms with Crippen LogP contribution in [0.2, 0.25) is 0 Å². The molecule has 2 heteroatoms. The Morgan fingerprint density at radius 3 is 2.00 bits per heavy atom. The second-order valence-corrected chi connectivity index (χ2v) is 3.60. The molecule has 2 N–H and O–H groups in total. The normalized spacial score (nSPS) is 9.12. The summed E-state index contributed by atoms with van der Waals surface area (Å²) in [5, 5.41) is 0. The van der Waals surface area contributed by atoms with Crippen molar-refractivity contribution in [2.45, 2.75) is 0 Å². The van der Waals surface area contributed by atoms with Gasteiger partial charge in [0.1, 0.15) is 0 Å². The van der Waals surface area contributed by atoms with Crippen molar-refractivity contribution in [3.8, 4) is 0 Å². The maximum atomic E-state index is 5.44. The first-order valence-electron chi connectivity index (χ1n) is 2.33. The van der Waals surface area contributed by atoms with Crippen molar-refractivity contribution < 1.29 is 0 Å². The van der Waals surface area contributed by atoms with Gasteiger partial charge in [-0.2, -0.15) is 0 Å². The van der Waals surface area contributed by atoms with Crippen molar-refractivity contribution in [2.24, 2.45) is 0 Å². The molecule has 0 aliphatic carbocycles. The second kappa shape index (κ2) is 2.46. The Bertz CT molecular complexity index is 147. The molecule has 0 saturated carbocycles. The fourth-order valence-electron chi connectivity index (χ4n) is 0.474. The zero-order chi connectivity index (χ0) is 5.98. The summed E-state index contributed by atoms with van der Waals surface area (Å²) in [6.07, 6.45) is 0. The molecule has 0 atom stereocenters. The third-order valence-electron chi connectivity index (χ3n) is 0.893. The van der Waals surface area contributed by atoms with E-state index >= 15 is 0 Å². The van der Waals surface area contributed by atoms with Gasteiger partial charge in [-0.3, -0.25) is 0 Å². The summed E-state index contributed by atoms with van der Waals surface area (Å²) < 4.78 is 1.36. The quantitative estimate of drug-likeness (QED) is 0.660. The summed E-state index contributed by atoms with van der Waals surface area (Å²) in [5.74, 6) is 0. The minimum atomic E-state index is 0.847. The van der Waals surface area contributed by atoms with Gasteiger partial charge >= 0.3 is 64.0 Å². The Hall–Kier alpha value is -0.0839. The summed E-state index contributed by atoms with van der Waals surface area (Å²) in [7, 11) is 0. The second-order valence-electron chi connectivity index (χ2n) is 1.59. The first-order chi connectivity index (χ1) is 3.79. The fraction of sp³-hybridized carbons (Fsp3) is 0. The average Bonchev–Trinajstić information content (AvgIpc) is 1.77. The molecule has 0 spiro atoms. The Balaban J connectivity index is 3.03. The summed E-state index contributed by atoms with van der Waals surface area (Å²) in [6, 6.07) is 7.94. The Morgan fingerprint density at radius 2 is 1.62 bits per heavy atom. The van der Waals surface area contributed by atoms with Crippen molar-refractivity contribution in [3.05, 3.63) is 24.3 Å². The van der Waals surface area contributed by atoms with E-state index in [1.807, 2.05) is 24.3 Å². The van der Waals surface area contributed by atoms with Crippen molar-refractivity contribution in [2.75, 3.05) is 5.73 Å². The molecular weight excluding hydrogens is 295 g/mol. The van der Waals surface area contributed by atoms with Gasteiger partial charge in [-0.15, -0.1) is 0 Å². The van der Waals surface area contributed by atoms with Crippen LogP contribution in [0.15, 0.2) is 24.3 Å². The van der Waals surface area contributed by atoms with E-state index in [9.17, 15) is 0 Å². The van der Waals surface area contributed by atoms with E-state index < -0.39 is 0 Å². The van der Waals surface area contributed by atoms with E-state index in [2.05, 4.69) is 0 Å². The average molecular weight is 302 g/mol. The molecular formula is C6H7NPo. The van der Waals surface area contributed by atoms with Gasteiger partial charge in [0.05, 0.1) is 0 Å². The molecule has 8 heavy (non-hydrogen) atoms. The molecule has 1 nitrogen and oxygen atoms in total. The number of benzene rings is 1. The first kappa shape index (κ1) is 6.04. The van der Waals surface area contributed by atoms with Crippen LogP contribution < -0.4 is 8.96 Å². The van der Waals surface area contributed by atoms with Gasteiger partial charge in [0.15, 0.2) is 0 Å². The molecule has 0 fully saturated rings. The predicted octanol–water partition coefficient (Wildman–Crippen LogP) is -0.205. The minimum absolute atomic E-state index is 0.847. The van der Waals surface area contributed by atoms with Gasteiger partial charge in [-0.1, -0.05) is 0 Å². The summed E-state index contributed by atoms with van der Waals surface area (Å²) in [6.45, 7) is 0. The molecule has 1 aromatic rings. The monoisotopic (exact) mass is 302 g/mol. The number of hydrogen-bond acceptors (Lipinski definition) is 1. The standard InChI is InChI=1S/C6H6N.Po.H/c7-6-4-2-1-3-5-6;;/h2-5H,7H2;;. The Kier molecular flexibility index (Phi) is 1.86. The number of nitrogens with two attached hydrogens (primary N) is 1. The molecule has 1 rings (SSSR count). The fourth-order valence-corrected chi connectivity index (χ4v) is 1.05. The van der Waals surface area contributed by atoms with Gasteiger partial charge in [-0.05, 0) is 0 Å². The van der Waals surface area contributed by atoms with Crippen molar-refractivity contribution in [3.63, 3.8) is 0 Å². The maximum absolute atomic E-state index is 5.44. The van der Waals surface area contributed by atoms with Crippen molar-refractivity contribution in [1.29, 1.82) is 0 Å². The molecule has 0 bridgehead atoms. The van der Waals surface area contributed by atoms with Crippen LogP contribution in [0, 0.1) is 0 Å². The van der Waals surface area contributed by atoms with Crippen LogP contribution in [-0.4, -0.2) is 25.1 Å². The molecule has 0 aliphatic heterocycles. The molecule has 0 radical (unpaired) electrons. The zero-order valence-corrected chi connectivity index (χ0v) is 7.81. The first-order valence-corrected chi connectivity index (χ1v) is 4.07. The predicted molar refractivity (Wildman–Crippen MR) is 37.6 cm³/mol. The van der Waals surface area contributed by atoms with Gasteiger partial charge in [0, 0.05) is 0 Å². The van der Waals surface area contributed by atoms with E-state index in [1.54, 1.807) is 0 Å². The van der Waals surface area contributed by atoms with Crippen LogP contribution in [0.5, 0.6) is 0 Å². The van der Waals surface area contributed by atoms with Crippen LogP contribution in [0.3, 0.4) is 0 Å². The van der Waals surface area contributed by atoms with Gasteiger partial charge in [0.2, 0.25) is 0 Å². The van der Waals surface area contributed by atoms with Crippen LogP contribution >= 0.6 is 0 Å². The number of nitrogen functional groups attached to an aromatic ring is 1.